The lowest BCUT2D eigenvalue weighted by Crippen LogP contribution is -2.67. The highest BCUT2D eigenvalue weighted by atomic mass is 16.5. The molecule has 0 bridgehead atoms. The third-order valence-electron chi connectivity index (χ3n) is 7.84. The van der Waals surface area contributed by atoms with Crippen molar-refractivity contribution in [2.24, 2.45) is 0 Å². The van der Waals surface area contributed by atoms with E-state index in [2.05, 4.69) is 29.2 Å². The number of hydrogen-bond acceptors (Lipinski definition) is 3. The number of nitrogens with one attached hydrogen (secondary N) is 1. The number of ether oxygens (including phenoxy) is 1. The first-order valence-electron chi connectivity index (χ1n) is 12.4. The van der Waals surface area contributed by atoms with E-state index in [4.69, 9.17) is 4.74 Å². The molecule has 0 radical (unpaired) electrons. The van der Waals surface area contributed by atoms with Crippen molar-refractivity contribution in [2.45, 2.75) is 24.8 Å². The number of methoxy groups -OCH3 is 1. The highest BCUT2D eigenvalue weighted by Gasteiger charge is 2.56. The molecule has 3 heterocycles. The third-order valence-corrected chi connectivity index (χ3v) is 7.84. The van der Waals surface area contributed by atoms with E-state index in [1.165, 1.54) is 0 Å². The smallest absolute Gasteiger partial charge is 0.254 e. The highest BCUT2D eigenvalue weighted by molar-refractivity contribution is 6.01. The number of fused-ring (bicyclic) bond motifs is 5. The Bertz CT molecular complexity index is 1460. The minimum atomic E-state index is -1.10. The molecule has 6 rings (SSSR count). The van der Waals surface area contributed by atoms with Crippen LogP contribution in [0.3, 0.4) is 0 Å². The number of hydrogen-bond donors (Lipinski definition) is 1. The molecule has 36 heavy (non-hydrogen) atoms. The van der Waals surface area contributed by atoms with Gasteiger partial charge in [-0.05, 0) is 36.6 Å². The Morgan fingerprint density at radius 2 is 1.69 bits per heavy atom. The van der Waals surface area contributed by atoms with Gasteiger partial charge in [-0.3, -0.25) is 9.59 Å². The zero-order chi connectivity index (χ0) is 24.9. The van der Waals surface area contributed by atoms with Crippen LogP contribution in [0.2, 0.25) is 0 Å². The number of nitrogens with zero attached hydrogens (tertiary/aromatic N) is 2. The molecule has 1 N–H and O–H groups in total. The van der Waals surface area contributed by atoms with Crippen LogP contribution < -0.4 is 4.74 Å². The monoisotopic (exact) mass is 479 g/mol. The Kier molecular flexibility index (Phi) is 5.32. The number of para-hydroxylation sites is 2. The van der Waals surface area contributed by atoms with Gasteiger partial charge >= 0.3 is 0 Å². The van der Waals surface area contributed by atoms with E-state index in [0.717, 1.165) is 39.0 Å². The van der Waals surface area contributed by atoms with Gasteiger partial charge in [0.2, 0.25) is 5.91 Å². The van der Waals surface area contributed by atoms with Crippen molar-refractivity contribution < 1.29 is 14.3 Å². The van der Waals surface area contributed by atoms with Crippen LogP contribution in [0.25, 0.3) is 10.9 Å². The number of benzene rings is 3. The fourth-order valence-corrected chi connectivity index (χ4v) is 6.00. The second kappa shape index (κ2) is 8.55. The number of rotatable bonds is 5. The van der Waals surface area contributed by atoms with E-state index < -0.39 is 5.54 Å². The molecule has 4 aromatic rings. The average molecular weight is 480 g/mol. The lowest BCUT2D eigenvalue weighted by Gasteiger charge is -2.51. The summed E-state index contributed by atoms with van der Waals surface area (Å²) in [7, 11) is 1.67. The molecular weight excluding hydrogens is 450 g/mol. The predicted octanol–water partition coefficient (Wildman–Crippen LogP) is 4.45. The van der Waals surface area contributed by atoms with Crippen LogP contribution in [-0.2, 0) is 21.5 Å². The first-order valence-corrected chi connectivity index (χ1v) is 12.4. The van der Waals surface area contributed by atoms with Crippen molar-refractivity contribution in [3.05, 3.63) is 101 Å². The van der Waals surface area contributed by atoms with Crippen LogP contribution >= 0.6 is 0 Å². The van der Waals surface area contributed by atoms with Gasteiger partial charge in [0.15, 0.2) is 5.54 Å². The van der Waals surface area contributed by atoms with E-state index in [-0.39, 0.29) is 24.3 Å². The zero-order valence-corrected chi connectivity index (χ0v) is 20.5. The molecule has 0 spiro atoms. The standard InChI is InChI=1S/C30H29N3O3/c1-30-28-27(22-13-6-8-14-24(22)31-28)23(21-12-7-9-15-25(21)36-2)18-33(30)26(34)19-32(29(30)35)17-16-20-10-4-3-5-11-20/h3-15,23,31H,16-19H2,1-2H3. The predicted molar refractivity (Wildman–Crippen MR) is 139 cm³/mol. The Labute approximate surface area is 210 Å². The van der Waals surface area contributed by atoms with E-state index >= 15 is 0 Å². The molecule has 2 aliphatic heterocycles. The van der Waals surface area contributed by atoms with Gasteiger partial charge in [0.1, 0.15) is 5.75 Å². The van der Waals surface area contributed by atoms with Gasteiger partial charge in [-0.15, -0.1) is 0 Å². The fraction of sp³-hybridized carbons (Fsp3) is 0.267. The summed E-state index contributed by atoms with van der Waals surface area (Å²) in [5.41, 5.74) is 3.90. The molecule has 6 heteroatoms. The minimum Gasteiger partial charge on any atom is -0.496 e. The van der Waals surface area contributed by atoms with E-state index in [9.17, 15) is 9.59 Å². The number of carbonyl (C=O) groups is 2. The number of carbonyl (C=O) groups excluding carboxylic acids is 2. The Hall–Kier alpha value is -4.06. The first-order chi connectivity index (χ1) is 17.5. The lowest BCUT2D eigenvalue weighted by molar-refractivity contribution is -0.166. The summed E-state index contributed by atoms with van der Waals surface area (Å²) in [4.78, 5) is 34.8. The van der Waals surface area contributed by atoms with Crippen molar-refractivity contribution in [1.29, 1.82) is 0 Å². The summed E-state index contributed by atoms with van der Waals surface area (Å²) in [6.07, 6.45) is 0.708. The maximum Gasteiger partial charge on any atom is 0.254 e. The second-order valence-electron chi connectivity index (χ2n) is 9.79. The molecule has 3 aromatic carbocycles. The summed E-state index contributed by atoms with van der Waals surface area (Å²) in [6, 6.07) is 26.2. The average Bonchev–Trinajstić information content (AvgIpc) is 3.31. The molecule has 2 amide bonds. The zero-order valence-electron chi connectivity index (χ0n) is 20.5. The van der Waals surface area contributed by atoms with Gasteiger partial charge < -0.3 is 19.5 Å². The largest absolute Gasteiger partial charge is 0.496 e. The summed E-state index contributed by atoms with van der Waals surface area (Å²) in [5, 5.41) is 1.07. The Balaban J connectivity index is 1.47. The summed E-state index contributed by atoms with van der Waals surface area (Å²) in [5.74, 6) is 0.592. The van der Waals surface area contributed by atoms with Crippen molar-refractivity contribution in [1.82, 2.24) is 14.8 Å². The molecule has 2 aliphatic rings. The molecule has 0 aliphatic carbocycles. The number of aromatic nitrogens is 1. The number of aromatic amines is 1. The van der Waals surface area contributed by atoms with Gasteiger partial charge in [-0.1, -0.05) is 66.7 Å². The molecule has 2 unspecified atom stereocenters. The minimum absolute atomic E-state index is 0.0330. The number of piperazine rings is 1. The van der Waals surface area contributed by atoms with Gasteiger partial charge in [-0.2, -0.15) is 0 Å². The van der Waals surface area contributed by atoms with Crippen molar-refractivity contribution in [3.63, 3.8) is 0 Å². The van der Waals surface area contributed by atoms with E-state index in [1.54, 1.807) is 16.9 Å². The maximum atomic E-state index is 14.1. The molecule has 6 nitrogen and oxygen atoms in total. The van der Waals surface area contributed by atoms with E-state index in [1.807, 2.05) is 61.5 Å². The molecule has 0 saturated carbocycles. The van der Waals surface area contributed by atoms with Crippen LogP contribution in [-0.4, -0.2) is 53.3 Å². The van der Waals surface area contributed by atoms with Gasteiger partial charge in [-0.25, -0.2) is 0 Å². The normalized spacial score (nSPS) is 21.4. The van der Waals surface area contributed by atoms with Crippen molar-refractivity contribution in [3.8, 4) is 5.75 Å². The number of H-pyrrole nitrogens is 1. The molecule has 1 aromatic heterocycles. The van der Waals surface area contributed by atoms with Crippen LogP contribution in [0, 0.1) is 0 Å². The topological polar surface area (TPSA) is 65.6 Å². The fourth-order valence-electron chi connectivity index (χ4n) is 6.00. The quantitative estimate of drug-likeness (QED) is 0.460. The third kappa shape index (κ3) is 3.32. The van der Waals surface area contributed by atoms with Gasteiger partial charge in [0.05, 0.1) is 19.3 Å². The Morgan fingerprint density at radius 3 is 2.50 bits per heavy atom. The first kappa shape index (κ1) is 22.4. The Morgan fingerprint density at radius 1 is 0.972 bits per heavy atom. The molecule has 182 valence electrons. The van der Waals surface area contributed by atoms with Crippen molar-refractivity contribution in [2.75, 3.05) is 26.7 Å². The SMILES string of the molecule is COc1ccccc1C1CN2C(=O)CN(CCc3ccccc3)C(=O)C2(C)c2[nH]c3ccccc3c21. The summed E-state index contributed by atoms with van der Waals surface area (Å²) >= 11 is 0. The molecule has 2 atom stereocenters. The van der Waals surface area contributed by atoms with Crippen LogP contribution in [0.1, 0.15) is 35.2 Å². The van der Waals surface area contributed by atoms with Crippen LogP contribution in [0.5, 0.6) is 5.75 Å². The second-order valence-corrected chi connectivity index (χ2v) is 9.79. The molecular formula is C30H29N3O3. The van der Waals surface area contributed by atoms with Crippen molar-refractivity contribution >= 4 is 22.7 Å². The van der Waals surface area contributed by atoms with E-state index in [0.29, 0.717) is 19.5 Å². The van der Waals surface area contributed by atoms with Crippen LogP contribution in [0.15, 0.2) is 78.9 Å². The number of amides is 2. The molecule has 1 saturated heterocycles. The van der Waals surface area contributed by atoms with Gasteiger partial charge in [0.25, 0.3) is 5.91 Å². The summed E-state index contributed by atoms with van der Waals surface area (Å²) < 4.78 is 5.71. The maximum absolute atomic E-state index is 14.1. The van der Waals surface area contributed by atoms with Gasteiger partial charge in [0, 0.05) is 35.5 Å². The highest BCUT2D eigenvalue weighted by Crippen LogP contribution is 2.49. The summed E-state index contributed by atoms with van der Waals surface area (Å²) in [6.45, 7) is 2.91. The molecule has 1 fully saturated rings. The van der Waals surface area contributed by atoms with Crippen LogP contribution in [0.4, 0.5) is 0 Å². The lowest BCUT2D eigenvalue weighted by atomic mass is 9.76.